The summed E-state index contributed by atoms with van der Waals surface area (Å²) in [6.07, 6.45) is 0.955. The first-order chi connectivity index (χ1) is 13.6. The monoisotopic (exact) mass is 389 g/mol. The molecule has 1 aliphatic rings. The molecule has 1 aliphatic heterocycles. The molecule has 3 N–H and O–H groups in total. The van der Waals surface area contributed by atoms with E-state index in [2.05, 4.69) is 51.8 Å². The fraction of sp³-hybridized carbons (Fsp3) is 0.619. The molecule has 0 saturated carbocycles. The van der Waals surface area contributed by atoms with Crippen LogP contribution in [0.3, 0.4) is 0 Å². The van der Waals surface area contributed by atoms with Crippen LogP contribution in [0.5, 0.6) is 0 Å². The summed E-state index contributed by atoms with van der Waals surface area (Å²) in [4.78, 5) is 18.6. The minimum absolute atomic E-state index is 0.0455. The minimum atomic E-state index is -0.0455. The SMILES string of the molecule is CN=C(NCC(=O)NCCc1ccccc1)NCC1CN(CC(C)C)CCO1. The number of hydrogen-bond acceptors (Lipinski definition) is 4. The maximum absolute atomic E-state index is 12.0. The van der Waals surface area contributed by atoms with Crippen molar-refractivity contribution in [2.75, 3.05) is 52.9 Å². The molecule has 1 heterocycles. The Morgan fingerprint density at radius 3 is 2.75 bits per heavy atom. The number of morpholine rings is 1. The van der Waals surface area contributed by atoms with Crippen LogP contribution in [-0.4, -0.2) is 75.8 Å². The summed E-state index contributed by atoms with van der Waals surface area (Å²) in [5.41, 5.74) is 1.22. The first-order valence-corrected chi connectivity index (χ1v) is 10.2. The number of carbonyl (C=O) groups excluding carboxylic acids is 1. The van der Waals surface area contributed by atoms with E-state index in [0.717, 1.165) is 32.7 Å². The fourth-order valence-corrected chi connectivity index (χ4v) is 3.23. The van der Waals surface area contributed by atoms with Crippen molar-refractivity contribution in [3.05, 3.63) is 35.9 Å². The Kier molecular flexibility index (Phi) is 9.79. The van der Waals surface area contributed by atoms with Crippen LogP contribution >= 0.6 is 0 Å². The van der Waals surface area contributed by atoms with Crippen LogP contribution in [0.2, 0.25) is 0 Å². The third kappa shape index (κ3) is 8.71. The second kappa shape index (κ2) is 12.4. The van der Waals surface area contributed by atoms with Crippen molar-refractivity contribution < 1.29 is 9.53 Å². The highest BCUT2D eigenvalue weighted by atomic mass is 16.5. The van der Waals surface area contributed by atoms with Gasteiger partial charge in [-0.1, -0.05) is 44.2 Å². The quantitative estimate of drug-likeness (QED) is 0.431. The second-order valence-electron chi connectivity index (χ2n) is 7.54. The Bertz CT molecular complexity index is 606. The van der Waals surface area contributed by atoms with Gasteiger partial charge in [0.1, 0.15) is 0 Å². The molecule has 7 heteroatoms. The number of nitrogens with zero attached hydrogens (tertiary/aromatic N) is 2. The summed E-state index contributed by atoms with van der Waals surface area (Å²) < 4.78 is 5.84. The van der Waals surface area contributed by atoms with Gasteiger partial charge in [0.2, 0.25) is 5.91 Å². The van der Waals surface area contributed by atoms with E-state index in [1.807, 2.05) is 18.2 Å². The van der Waals surface area contributed by atoms with Gasteiger partial charge in [0, 0.05) is 39.8 Å². The Morgan fingerprint density at radius 2 is 2.04 bits per heavy atom. The zero-order valence-electron chi connectivity index (χ0n) is 17.4. The normalized spacial score (nSPS) is 18.1. The van der Waals surface area contributed by atoms with Crippen molar-refractivity contribution in [1.29, 1.82) is 0 Å². The number of ether oxygens (including phenoxy) is 1. The standard InChI is InChI=1S/C21H35N5O2/c1-17(2)15-26-11-12-28-19(16-26)13-24-21(22-3)25-14-20(27)23-10-9-18-7-5-4-6-8-18/h4-8,17,19H,9-16H2,1-3H3,(H,23,27)(H2,22,24,25). The first kappa shape index (κ1) is 22.2. The van der Waals surface area contributed by atoms with Gasteiger partial charge in [-0.3, -0.25) is 14.7 Å². The lowest BCUT2D eigenvalue weighted by Gasteiger charge is -2.34. The van der Waals surface area contributed by atoms with Gasteiger partial charge in [0.05, 0.1) is 19.3 Å². The van der Waals surface area contributed by atoms with E-state index >= 15 is 0 Å². The number of rotatable bonds is 9. The van der Waals surface area contributed by atoms with Crippen LogP contribution in [0.1, 0.15) is 19.4 Å². The van der Waals surface area contributed by atoms with E-state index in [-0.39, 0.29) is 18.6 Å². The molecule has 1 aromatic carbocycles. The van der Waals surface area contributed by atoms with Crippen molar-refractivity contribution in [2.45, 2.75) is 26.4 Å². The molecule has 0 bridgehead atoms. The molecule has 1 atom stereocenters. The van der Waals surface area contributed by atoms with Gasteiger partial charge in [-0.2, -0.15) is 0 Å². The van der Waals surface area contributed by atoms with Gasteiger partial charge >= 0.3 is 0 Å². The summed E-state index contributed by atoms with van der Waals surface area (Å²) in [7, 11) is 1.70. The van der Waals surface area contributed by atoms with E-state index in [4.69, 9.17) is 4.74 Å². The number of benzene rings is 1. The van der Waals surface area contributed by atoms with Crippen molar-refractivity contribution in [2.24, 2.45) is 10.9 Å². The van der Waals surface area contributed by atoms with E-state index in [9.17, 15) is 4.79 Å². The van der Waals surface area contributed by atoms with Crippen LogP contribution in [-0.2, 0) is 16.0 Å². The molecule has 1 saturated heterocycles. The highest BCUT2D eigenvalue weighted by molar-refractivity contribution is 5.86. The number of amides is 1. The Labute approximate surface area is 168 Å². The Hall–Kier alpha value is -2.12. The molecule has 28 heavy (non-hydrogen) atoms. The Morgan fingerprint density at radius 1 is 1.25 bits per heavy atom. The summed E-state index contributed by atoms with van der Waals surface area (Å²) in [5, 5.41) is 9.24. The fourth-order valence-electron chi connectivity index (χ4n) is 3.23. The number of hydrogen-bond donors (Lipinski definition) is 3. The molecule has 1 aromatic rings. The number of guanidine groups is 1. The van der Waals surface area contributed by atoms with E-state index in [0.29, 0.717) is 25.0 Å². The molecular formula is C21H35N5O2. The summed E-state index contributed by atoms with van der Waals surface area (Å²) in [6, 6.07) is 10.1. The van der Waals surface area contributed by atoms with Crippen LogP contribution in [0.4, 0.5) is 0 Å². The van der Waals surface area contributed by atoms with E-state index < -0.39 is 0 Å². The van der Waals surface area contributed by atoms with Crippen molar-refractivity contribution in [1.82, 2.24) is 20.9 Å². The van der Waals surface area contributed by atoms with Crippen LogP contribution in [0.15, 0.2) is 35.3 Å². The van der Waals surface area contributed by atoms with Crippen molar-refractivity contribution >= 4 is 11.9 Å². The molecule has 2 rings (SSSR count). The second-order valence-corrected chi connectivity index (χ2v) is 7.54. The average molecular weight is 390 g/mol. The zero-order valence-corrected chi connectivity index (χ0v) is 17.4. The predicted octanol–water partition coefficient (Wildman–Crippen LogP) is 0.867. The molecule has 7 nitrogen and oxygen atoms in total. The summed E-state index contributed by atoms with van der Waals surface area (Å²) in [6.45, 7) is 9.72. The lowest BCUT2D eigenvalue weighted by atomic mass is 10.1. The van der Waals surface area contributed by atoms with Crippen LogP contribution in [0.25, 0.3) is 0 Å². The van der Waals surface area contributed by atoms with Gasteiger partial charge in [0.15, 0.2) is 5.96 Å². The van der Waals surface area contributed by atoms with Gasteiger partial charge in [-0.25, -0.2) is 0 Å². The lowest BCUT2D eigenvalue weighted by Crippen LogP contribution is -2.51. The van der Waals surface area contributed by atoms with Gasteiger partial charge < -0.3 is 20.7 Å². The maximum atomic E-state index is 12.0. The molecule has 156 valence electrons. The third-order valence-corrected chi connectivity index (χ3v) is 4.56. The van der Waals surface area contributed by atoms with Crippen LogP contribution < -0.4 is 16.0 Å². The topological polar surface area (TPSA) is 78.0 Å². The summed E-state index contributed by atoms with van der Waals surface area (Å²) in [5.74, 6) is 1.22. The average Bonchev–Trinajstić information content (AvgIpc) is 2.69. The Balaban J connectivity index is 1.62. The molecule has 0 aromatic heterocycles. The van der Waals surface area contributed by atoms with Crippen LogP contribution in [0, 0.1) is 5.92 Å². The molecule has 1 fully saturated rings. The molecule has 0 radical (unpaired) electrons. The van der Waals surface area contributed by atoms with E-state index in [1.54, 1.807) is 7.05 Å². The van der Waals surface area contributed by atoms with E-state index in [1.165, 1.54) is 5.56 Å². The molecule has 1 unspecified atom stereocenters. The number of nitrogens with one attached hydrogen (secondary N) is 3. The van der Waals surface area contributed by atoms with Crippen molar-refractivity contribution in [3.8, 4) is 0 Å². The molecule has 1 amide bonds. The minimum Gasteiger partial charge on any atom is -0.374 e. The predicted molar refractivity (Wildman–Crippen MR) is 114 cm³/mol. The maximum Gasteiger partial charge on any atom is 0.239 e. The van der Waals surface area contributed by atoms with Gasteiger partial charge in [-0.15, -0.1) is 0 Å². The zero-order chi connectivity index (χ0) is 20.2. The third-order valence-electron chi connectivity index (χ3n) is 4.56. The van der Waals surface area contributed by atoms with Gasteiger partial charge in [0.25, 0.3) is 0 Å². The smallest absolute Gasteiger partial charge is 0.239 e. The molecule has 0 aliphatic carbocycles. The highest BCUT2D eigenvalue weighted by Gasteiger charge is 2.21. The number of carbonyl (C=O) groups is 1. The van der Waals surface area contributed by atoms with Gasteiger partial charge in [-0.05, 0) is 17.9 Å². The summed E-state index contributed by atoms with van der Waals surface area (Å²) >= 11 is 0. The highest BCUT2D eigenvalue weighted by Crippen LogP contribution is 2.07. The lowest BCUT2D eigenvalue weighted by molar-refractivity contribution is -0.119. The largest absolute Gasteiger partial charge is 0.374 e. The molecule has 0 spiro atoms. The number of aliphatic imine (C=N–C) groups is 1. The van der Waals surface area contributed by atoms with Crippen molar-refractivity contribution in [3.63, 3.8) is 0 Å². The first-order valence-electron chi connectivity index (χ1n) is 10.2. The molecular weight excluding hydrogens is 354 g/mol.